The van der Waals surface area contributed by atoms with Gasteiger partial charge in [-0.2, -0.15) is 0 Å². The number of aromatic amines is 1. The Bertz CT molecular complexity index is 818. The quantitative estimate of drug-likeness (QED) is 0.633. The number of hydrogen-bond donors (Lipinski definition) is 3. The van der Waals surface area contributed by atoms with Gasteiger partial charge in [0.15, 0.2) is 0 Å². The Morgan fingerprint density at radius 1 is 1.30 bits per heavy atom. The Balaban J connectivity index is 2.83. The second-order valence-electron chi connectivity index (χ2n) is 4.13. The van der Waals surface area contributed by atoms with Gasteiger partial charge in [-0.25, -0.2) is 4.79 Å². The molecule has 2 aromatic rings. The van der Waals surface area contributed by atoms with E-state index in [9.17, 15) is 19.2 Å². The zero-order valence-corrected chi connectivity index (χ0v) is 10.3. The molecular weight excluding hydrogens is 266 g/mol. The van der Waals surface area contributed by atoms with E-state index in [0.717, 1.165) is 4.57 Å². The highest BCUT2D eigenvalue weighted by Crippen LogP contribution is 2.15. The Hall–Kier alpha value is -2.90. The maximum absolute atomic E-state index is 11.8. The van der Waals surface area contributed by atoms with Crippen molar-refractivity contribution in [3.8, 4) is 0 Å². The molecule has 0 saturated carbocycles. The van der Waals surface area contributed by atoms with Crippen molar-refractivity contribution >= 4 is 22.9 Å². The fraction of sp³-hybridized carbons (Fsp3) is 0.167. The van der Waals surface area contributed by atoms with E-state index in [-0.39, 0.29) is 29.6 Å². The molecule has 0 bridgehead atoms. The standard InChI is InChI=1S/C12H11N3O5/c13-8(16)4-5-15-9-6(12(19)20)2-1-3-7(9)14-10(17)11(15)18/h1-3H,4-5H2,(H2,13,16)(H,14,17)(H,19,20). The van der Waals surface area contributed by atoms with Crippen molar-refractivity contribution in [2.45, 2.75) is 13.0 Å². The molecule has 1 aromatic heterocycles. The van der Waals surface area contributed by atoms with Crippen LogP contribution in [0.2, 0.25) is 0 Å². The third-order valence-corrected chi connectivity index (χ3v) is 2.81. The molecule has 104 valence electrons. The van der Waals surface area contributed by atoms with E-state index in [0.29, 0.717) is 0 Å². The second-order valence-corrected chi connectivity index (χ2v) is 4.13. The zero-order valence-electron chi connectivity index (χ0n) is 10.3. The summed E-state index contributed by atoms with van der Waals surface area (Å²) in [5.41, 5.74) is 3.34. The number of aromatic nitrogens is 2. The van der Waals surface area contributed by atoms with Gasteiger partial charge < -0.3 is 20.4 Å². The molecule has 8 heteroatoms. The van der Waals surface area contributed by atoms with Crippen molar-refractivity contribution in [3.05, 3.63) is 44.5 Å². The number of amides is 1. The van der Waals surface area contributed by atoms with E-state index in [1.54, 1.807) is 0 Å². The van der Waals surface area contributed by atoms with E-state index >= 15 is 0 Å². The maximum Gasteiger partial charge on any atom is 0.337 e. The van der Waals surface area contributed by atoms with Gasteiger partial charge in [-0.3, -0.25) is 14.4 Å². The Kier molecular flexibility index (Phi) is 3.38. The van der Waals surface area contributed by atoms with Crippen molar-refractivity contribution in [2.24, 2.45) is 5.73 Å². The monoisotopic (exact) mass is 277 g/mol. The van der Waals surface area contributed by atoms with Crippen molar-refractivity contribution in [2.75, 3.05) is 0 Å². The molecule has 4 N–H and O–H groups in total. The predicted molar refractivity (Wildman–Crippen MR) is 69.6 cm³/mol. The van der Waals surface area contributed by atoms with E-state index in [2.05, 4.69) is 4.98 Å². The predicted octanol–water partition coefficient (Wildman–Crippen LogP) is -0.737. The lowest BCUT2D eigenvalue weighted by molar-refractivity contribution is -0.118. The van der Waals surface area contributed by atoms with Gasteiger partial charge >= 0.3 is 17.1 Å². The molecular formula is C12H11N3O5. The summed E-state index contributed by atoms with van der Waals surface area (Å²) in [6, 6.07) is 4.23. The minimum absolute atomic E-state index is 0.0610. The summed E-state index contributed by atoms with van der Waals surface area (Å²) in [6.45, 7) is -0.154. The first-order valence-corrected chi connectivity index (χ1v) is 5.69. The number of nitrogens with one attached hydrogen (secondary N) is 1. The number of hydrogen-bond acceptors (Lipinski definition) is 4. The number of H-pyrrole nitrogens is 1. The average molecular weight is 277 g/mol. The van der Waals surface area contributed by atoms with Crippen LogP contribution in [0, 0.1) is 0 Å². The molecule has 2 rings (SSSR count). The highest BCUT2D eigenvalue weighted by molar-refractivity contribution is 6.00. The fourth-order valence-corrected chi connectivity index (χ4v) is 1.94. The summed E-state index contributed by atoms with van der Waals surface area (Å²) < 4.78 is 0.961. The number of carboxylic acids is 1. The number of nitrogens with two attached hydrogens (primary N) is 1. The van der Waals surface area contributed by atoms with Crippen LogP contribution in [0.1, 0.15) is 16.8 Å². The van der Waals surface area contributed by atoms with E-state index in [1.165, 1.54) is 18.2 Å². The number of nitrogens with zero attached hydrogens (tertiary/aromatic N) is 1. The normalized spacial score (nSPS) is 10.6. The summed E-state index contributed by atoms with van der Waals surface area (Å²) in [6.07, 6.45) is -0.174. The van der Waals surface area contributed by atoms with E-state index in [1.807, 2.05) is 0 Å². The van der Waals surface area contributed by atoms with Gasteiger partial charge in [0.05, 0.1) is 16.6 Å². The van der Waals surface area contributed by atoms with Crippen LogP contribution < -0.4 is 16.9 Å². The summed E-state index contributed by atoms with van der Waals surface area (Å²) in [5.74, 6) is -1.90. The number of primary amides is 1. The molecule has 1 heterocycles. The minimum atomic E-state index is -1.24. The molecule has 0 aliphatic heterocycles. The maximum atomic E-state index is 11.8. The van der Waals surface area contributed by atoms with Crippen LogP contribution in [0.3, 0.4) is 0 Å². The Morgan fingerprint density at radius 2 is 2.00 bits per heavy atom. The molecule has 0 aliphatic rings. The first-order valence-electron chi connectivity index (χ1n) is 5.69. The van der Waals surface area contributed by atoms with Gasteiger partial charge in [0.1, 0.15) is 0 Å². The van der Waals surface area contributed by atoms with E-state index < -0.39 is 23.0 Å². The SMILES string of the molecule is NC(=O)CCn1c(=O)c(=O)[nH]c2cccc(C(=O)O)c21. The summed E-state index contributed by atoms with van der Waals surface area (Å²) >= 11 is 0. The van der Waals surface area contributed by atoms with Crippen LogP contribution in [-0.2, 0) is 11.3 Å². The molecule has 1 aromatic carbocycles. The number of aryl methyl sites for hydroxylation is 1. The third-order valence-electron chi connectivity index (χ3n) is 2.81. The van der Waals surface area contributed by atoms with Gasteiger partial charge in [0.25, 0.3) is 0 Å². The van der Waals surface area contributed by atoms with Gasteiger partial charge in [0, 0.05) is 13.0 Å². The summed E-state index contributed by atoms with van der Waals surface area (Å²) in [5, 5.41) is 9.15. The number of fused-ring (bicyclic) bond motifs is 1. The van der Waals surface area contributed by atoms with Crippen LogP contribution in [0.4, 0.5) is 0 Å². The largest absolute Gasteiger partial charge is 0.478 e. The summed E-state index contributed by atoms with van der Waals surface area (Å²) in [4.78, 5) is 47.7. The molecule has 0 fully saturated rings. The number of aromatic carboxylic acids is 1. The Morgan fingerprint density at radius 3 is 2.60 bits per heavy atom. The highest BCUT2D eigenvalue weighted by atomic mass is 16.4. The highest BCUT2D eigenvalue weighted by Gasteiger charge is 2.15. The van der Waals surface area contributed by atoms with E-state index in [4.69, 9.17) is 10.8 Å². The molecule has 0 radical (unpaired) electrons. The first-order chi connectivity index (χ1) is 9.41. The minimum Gasteiger partial charge on any atom is -0.478 e. The lowest BCUT2D eigenvalue weighted by Crippen LogP contribution is -2.37. The second kappa shape index (κ2) is 5.00. The lowest BCUT2D eigenvalue weighted by atomic mass is 10.1. The molecule has 0 spiro atoms. The van der Waals surface area contributed by atoms with Crippen LogP contribution in [0.5, 0.6) is 0 Å². The fourth-order valence-electron chi connectivity index (χ4n) is 1.94. The number of carboxylic acid groups (broad SMARTS) is 1. The number of carbonyl (C=O) groups is 2. The van der Waals surface area contributed by atoms with Crippen LogP contribution in [0.25, 0.3) is 11.0 Å². The molecule has 8 nitrogen and oxygen atoms in total. The number of carbonyl (C=O) groups excluding carboxylic acids is 1. The molecule has 1 amide bonds. The van der Waals surface area contributed by atoms with Crippen LogP contribution >= 0.6 is 0 Å². The lowest BCUT2D eigenvalue weighted by Gasteiger charge is -2.10. The Labute approximate surface area is 111 Å². The summed E-state index contributed by atoms with van der Waals surface area (Å²) in [7, 11) is 0. The average Bonchev–Trinajstić information content (AvgIpc) is 2.38. The van der Waals surface area contributed by atoms with Gasteiger partial charge in [-0.15, -0.1) is 0 Å². The van der Waals surface area contributed by atoms with Gasteiger partial charge in [0.2, 0.25) is 5.91 Å². The molecule has 20 heavy (non-hydrogen) atoms. The van der Waals surface area contributed by atoms with Gasteiger partial charge in [-0.1, -0.05) is 6.07 Å². The zero-order chi connectivity index (χ0) is 14.9. The van der Waals surface area contributed by atoms with Crippen molar-refractivity contribution in [3.63, 3.8) is 0 Å². The molecule has 0 aliphatic carbocycles. The number of rotatable bonds is 4. The van der Waals surface area contributed by atoms with Crippen LogP contribution in [0.15, 0.2) is 27.8 Å². The number of para-hydroxylation sites is 1. The van der Waals surface area contributed by atoms with Crippen molar-refractivity contribution < 1.29 is 14.7 Å². The molecule has 0 unspecified atom stereocenters. The third kappa shape index (κ3) is 2.30. The molecule has 0 atom stereocenters. The van der Waals surface area contributed by atoms with Crippen LogP contribution in [-0.4, -0.2) is 26.5 Å². The van der Waals surface area contributed by atoms with Crippen molar-refractivity contribution in [1.29, 1.82) is 0 Å². The topological polar surface area (TPSA) is 135 Å². The number of benzene rings is 1. The van der Waals surface area contributed by atoms with Crippen molar-refractivity contribution in [1.82, 2.24) is 9.55 Å². The van der Waals surface area contributed by atoms with Gasteiger partial charge in [-0.05, 0) is 12.1 Å². The smallest absolute Gasteiger partial charge is 0.337 e. The molecule has 0 saturated heterocycles. The first kappa shape index (κ1) is 13.5.